The Morgan fingerprint density at radius 1 is 1.38 bits per heavy atom. The van der Waals surface area contributed by atoms with Crippen LogP contribution in [0.1, 0.15) is 30.1 Å². The Bertz CT molecular complexity index is 504. The third-order valence-corrected chi connectivity index (χ3v) is 2.59. The molecule has 0 saturated heterocycles. The van der Waals surface area contributed by atoms with E-state index in [1.165, 1.54) is 0 Å². The monoisotopic (exact) mass is 308 g/mol. The van der Waals surface area contributed by atoms with Gasteiger partial charge in [-0.1, -0.05) is 0 Å². The van der Waals surface area contributed by atoms with Gasteiger partial charge in [0, 0.05) is 18.7 Å². The number of carbonyl (C=O) groups is 1. The van der Waals surface area contributed by atoms with Crippen LogP contribution in [0.15, 0.2) is 12.1 Å². The van der Waals surface area contributed by atoms with Gasteiger partial charge >= 0.3 is 12.1 Å². The van der Waals surface area contributed by atoms with Crippen LogP contribution < -0.4 is 11.1 Å². The lowest BCUT2D eigenvalue weighted by molar-refractivity contribution is -0.134. The van der Waals surface area contributed by atoms with Gasteiger partial charge in [0.05, 0.1) is 17.9 Å². The molecule has 0 bridgehead atoms. The molecule has 118 valence electrons. The van der Waals surface area contributed by atoms with Crippen molar-refractivity contribution in [2.45, 2.75) is 25.9 Å². The molecule has 0 atom stereocenters. The molecule has 0 aliphatic heterocycles. The Labute approximate surface area is 119 Å². The van der Waals surface area contributed by atoms with Gasteiger partial charge in [0.1, 0.15) is 5.82 Å². The molecule has 0 aromatic heterocycles. The number of carbonyl (C=O) groups excluding carboxylic acids is 1. The Morgan fingerprint density at radius 2 is 2.05 bits per heavy atom. The lowest BCUT2D eigenvalue weighted by atomic mass is 10.1. The minimum absolute atomic E-state index is 0.0310. The van der Waals surface area contributed by atoms with Crippen LogP contribution in [0.3, 0.4) is 0 Å². The molecule has 1 rings (SSSR count). The molecule has 3 N–H and O–H groups in total. The maximum atomic E-state index is 13.6. The molecular weight excluding hydrogens is 292 g/mol. The van der Waals surface area contributed by atoms with Gasteiger partial charge in [-0.2, -0.15) is 13.2 Å². The summed E-state index contributed by atoms with van der Waals surface area (Å²) >= 11 is 0. The second-order valence-electron chi connectivity index (χ2n) is 4.29. The summed E-state index contributed by atoms with van der Waals surface area (Å²) in [7, 11) is 0. The first-order valence-corrected chi connectivity index (χ1v) is 6.31. The Hall–Kier alpha value is -1.99. The minimum Gasteiger partial charge on any atom is -0.462 e. The highest BCUT2D eigenvalue weighted by Crippen LogP contribution is 2.24. The SMILES string of the molecule is CCOC(=O)c1cc(NCCCC(F)(F)F)c(F)cc1N. The smallest absolute Gasteiger partial charge is 0.389 e. The van der Waals surface area contributed by atoms with E-state index in [2.05, 4.69) is 5.32 Å². The standard InChI is InChI=1S/C13H16F4N2O2/c1-2-21-12(20)8-6-11(9(14)7-10(8)18)19-5-3-4-13(15,16)17/h6-7,19H,2-5,18H2,1H3. The van der Waals surface area contributed by atoms with Crippen LogP contribution in [0.2, 0.25) is 0 Å². The van der Waals surface area contributed by atoms with Crippen LogP contribution in [0.5, 0.6) is 0 Å². The summed E-state index contributed by atoms with van der Waals surface area (Å²) in [6, 6.07) is 2.06. The van der Waals surface area contributed by atoms with Gasteiger partial charge < -0.3 is 15.8 Å². The number of hydrogen-bond acceptors (Lipinski definition) is 4. The first kappa shape index (κ1) is 17.1. The van der Waals surface area contributed by atoms with Crippen molar-refractivity contribution in [2.24, 2.45) is 0 Å². The van der Waals surface area contributed by atoms with E-state index in [0.717, 1.165) is 12.1 Å². The third-order valence-electron chi connectivity index (χ3n) is 2.59. The van der Waals surface area contributed by atoms with Gasteiger partial charge in [0.2, 0.25) is 0 Å². The highest BCUT2D eigenvalue weighted by molar-refractivity contribution is 5.96. The average Bonchev–Trinajstić information content (AvgIpc) is 2.35. The fourth-order valence-electron chi connectivity index (χ4n) is 1.62. The number of nitrogens with one attached hydrogen (secondary N) is 1. The zero-order valence-corrected chi connectivity index (χ0v) is 11.4. The van der Waals surface area contributed by atoms with E-state index in [-0.39, 0.29) is 36.5 Å². The average molecular weight is 308 g/mol. The molecule has 8 heteroatoms. The summed E-state index contributed by atoms with van der Waals surface area (Å²) in [5, 5.41) is 2.51. The van der Waals surface area contributed by atoms with E-state index in [4.69, 9.17) is 10.5 Å². The Morgan fingerprint density at radius 3 is 2.62 bits per heavy atom. The lowest BCUT2D eigenvalue weighted by Gasteiger charge is -2.12. The Balaban J connectivity index is 2.74. The summed E-state index contributed by atoms with van der Waals surface area (Å²) in [5.74, 6) is -1.46. The zero-order valence-electron chi connectivity index (χ0n) is 11.4. The normalized spacial score (nSPS) is 11.3. The van der Waals surface area contributed by atoms with Crippen LogP contribution in [-0.2, 0) is 4.74 Å². The van der Waals surface area contributed by atoms with E-state index >= 15 is 0 Å². The molecule has 21 heavy (non-hydrogen) atoms. The van der Waals surface area contributed by atoms with Crippen molar-refractivity contribution in [1.29, 1.82) is 0 Å². The summed E-state index contributed by atoms with van der Waals surface area (Å²) in [6.07, 6.45) is -5.43. The summed E-state index contributed by atoms with van der Waals surface area (Å²) in [6.45, 7) is 1.65. The molecule has 0 unspecified atom stereocenters. The number of nitrogen functional groups attached to an aromatic ring is 1. The highest BCUT2D eigenvalue weighted by atomic mass is 19.4. The van der Waals surface area contributed by atoms with Gasteiger partial charge in [-0.05, 0) is 25.5 Å². The number of nitrogens with two attached hydrogens (primary N) is 1. The number of alkyl halides is 3. The second-order valence-corrected chi connectivity index (χ2v) is 4.29. The van der Waals surface area contributed by atoms with E-state index in [0.29, 0.717) is 0 Å². The first-order valence-electron chi connectivity index (χ1n) is 6.31. The fraction of sp³-hybridized carbons (Fsp3) is 0.462. The number of rotatable bonds is 6. The maximum Gasteiger partial charge on any atom is 0.389 e. The van der Waals surface area contributed by atoms with E-state index in [1.807, 2.05) is 0 Å². The molecule has 0 amide bonds. The van der Waals surface area contributed by atoms with Gasteiger partial charge in [0.15, 0.2) is 0 Å². The van der Waals surface area contributed by atoms with E-state index in [9.17, 15) is 22.4 Å². The molecular formula is C13H16F4N2O2. The summed E-state index contributed by atoms with van der Waals surface area (Å²) in [4.78, 5) is 11.6. The molecule has 1 aromatic rings. The molecule has 0 saturated carbocycles. The molecule has 0 spiro atoms. The number of ether oxygens (including phenoxy) is 1. The van der Waals surface area contributed by atoms with Crippen molar-refractivity contribution < 1.29 is 27.1 Å². The molecule has 0 aliphatic rings. The molecule has 0 radical (unpaired) electrons. The number of hydrogen-bond donors (Lipinski definition) is 2. The van der Waals surface area contributed by atoms with Crippen LogP contribution in [-0.4, -0.2) is 25.3 Å². The van der Waals surface area contributed by atoms with Crippen LogP contribution in [0.25, 0.3) is 0 Å². The predicted octanol–water partition coefficient (Wildman–Crippen LogP) is 3.34. The largest absolute Gasteiger partial charge is 0.462 e. The molecule has 0 heterocycles. The first-order chi connectivity index (χ1) is 9.74. The van der Waals surface area contributed by atoms with Crippen molar-refractivity contribution in [1.82, 2.24) is 0 Å². The third kappa shape index (κ3) is 5.49. The number of esters is 1. The number of anilines is 2. The van der Waals surface area contributed by atoms with Gasteiger partial charge in [-0.3, -0.25) is 0 Å². The molecule has 0 aliphatic carbocycles. The number of benzene rings is 1. The predicted molar refractivity (Wildman–Crippen MR) is 70.5 cm³/mol. The van der Waals surface area contributed by atoms with E-state index < -0.39 is 24.4 Å². The minimum atomic E-state index is -4.25. The Kier molecular flexibility index (Phi) is 5.80. The van der Waals surface area contributed by atoms with Crippen molar-refractivity contribution >= 4 is 17.3 Å². The van der Waals surface area contributed by atoms with Gasteiger partial charge in [-0.15, -0.1) is 0 Å². The quantitative estimate of drug-likeness (QED) is 0.366. The van der Waals surface area contributed by atoms with Crippen molar-refractivity contribution in [3.8, 4) is 0 Å². The van der Waals surface area contributed by atoms with Crippen LogP contribution in [0, 0.1) is 5.82 Å². The lowest BCUT2D eigenvalue weighted by Crippen LogP contribution is -2.13. The molecule has 1 aromatic carbocycles. The van der Waals surface area contributed by atoms with Crippen molar-refractivity contribution in [3.63, 3.8) is 0 Å². The molecule has 0 fully saturated rings. The number of halogens is 4. The van der Waals surface area contributed by atoms with Crippen molar-refractivity contribution in [2.75, 3.05) is 24.2 Å². The highest BCUT2D eigenvalue weighted by Gasteiger charge is 2.26. The fourth-order valence-corrected chi connectivity index (χ4v) is 1.62. The zero-order chi connectivity index (χ0) is 16.0. The molecule has 4 nitrogen and oxygen atoms in total. The van der Waals surface area contributed by atoms with E-state index in [1.54, 1.807) is 6.92 Å². The summed E-state index contributed by atoms with van der Waals surface area (Å²) < 4.78 is 54.3. The van der Waals surface area contributed by atoms with Gasteiger partial charge in [0.25, 0.3) is 0 Å². The second kappa shape index (κ2) is 7.14. The van der Waals surface area contributed by atoms with Crippen LogP contribution >= 0.6 is 0 Å². The topological polar surface area (TPSA) is 64.3 Å². The van der Waals surface area contributed by atoms with Crippen LogP contribution in [0.4, 0.5) is 28.9 Å². The summed E-state index contributed by atoms with van der Waals surface area (Å²) in [5.41, 5.74) is 5.31. The van der Waals surface area contributed by atoms with Crippen molar-refractivity contribution in [3.05, 3.63) is 23.5 Å². The maximum absolute atomic E-state index is 13.6. The van der Waals surface area contributed by atoms with Gasteiger partial charge in [-0.25, -0.2) is 9.18 Å².